The van der Waals surface area contributed by atoms with Gasteiger partial charge in [0.05, 0.1) is 15.6 Å². The molecule has 4 aromatic rings. The molecule has 0 aliphatic heterocycles. The zero-order valence-corrected chi connectivity index (χ0v) is 27.1. The molecule has 1 unspecified atom stereocenters. The smallest absolute Gasteiger partial charge is 0.264 e. The molecule has 0 saturated heterocycles. The van der Waals surface area contributed by atoms with Gasteiger partial charge in [-0.3, -0.25) is 13.9 Å². The number of anilines is 1. The van der Waals surface area contributed by atoms with Crippen molar-refractivity contribution in [2.45, 2.75) is 37.2 Å². The van der Waals surface area contributed by atoms with E-state index in [1.807, 2.05) is 37.3 Å². The van der Waals surface area contributed by atoms with Gasteiger partial charge in [-0.2, -0.15) is 0 Å². The van der Waals surface area contributed by atoms with Gasteiger partial charge in [-0.25, -0.2) is 8.42 Å². The van der Waals surface area contributed by atoms with Crippen molar-refractivity contribution >= 4 is 62.3 Å². The third kappa shape index (κ3) is 8.33. The van der Waals surface area contributed by atoms with E-state index in [1.165, 1.54) is 35.2 Å². The van der Waals surface area contributed by atoms with Crippen molar-refractivity contribution in [3.8, 4) is 0 Å². The maximum absolute atomic E-state index is 14.4. The summed E-state index contributed by atoms with van der Waals surface area (Å²) in [6.07, 6.45) is 0.889. The summed E-state index contributed by atoms with van der Waals surface area (Å²) in [5.41, 5.74) is 1.50. The number of nitrogens with one attached hydrogen (secondary N) is 1. The van der Waals surface area contributed by atoms with Crippen molar-refractivity contribution in [1.29, 1.82) is 0 Å². The molecular weight excluding hydrogens is 641 g/mol. The third-order valence-corrected chi connectivity index (χ3v) is 9.59. The number of rotatable bonds is 13. The minimum absolute atomic E-state index is 0.0296. The molecule has 0 heterocycles. The van der Waals surface area contributed by atoms with Gasteiger partial charge in [-0.05, 0) is 53.9 Å². The van der Waals surface area contributed by atoms with E-state index < -0.39 is 28.5 Å². The lowest BCUT2D eigenvalue weighted by atomic mass is 10.0. The van der Waals surface area contributed by atoms with Crippen LogP contribution in [0.2, 0.25) is 15.1 Å². The van der Waals surface area contributed by atoms with E-state index >= 15 is 0 Å². The second-order valence-corrected chi connectivity index (χ2v) is 13.1. The van der Waals surface area contributed by atoms with Gasteiger partial charge in [-0.15, -0.1) is 0 Å². The molecule has 0 aliphatic carbocycles. The minimum atomic E-state index is -4.29. The SMILES string of the molecule is CCCNC(=O)C(Cc1ccccc1)N(Cc1ccccc1Cl)C(=O)CN(c1ccc(Cl)cc1Cl)S(=O)(=O)c1ccccc1. The Morgan fingerprint density at radius 3 is 2.09 bits per heavy atom. The maximum Gasteiger partial charge on any atom is 0.264 e. The summed E-state index contributed by atoms with van der Waals surface area (Å²) in [4.78, 5) is 29.5. The van der Waals surface area contributed by atoms with Gasteiger partial charge < -0.3 is 10.2 Å². The number of amides is 2. The van der Waals surface area contributed by atoms with Crippen molar-refractivity contribution in [2.75, 3.05) is 17.4 Å². The molecule has 1 N–H and O–H groups in total. The Hall–Kier alpha value is -3.56. The highest BCUT2D eigenvalue weighted by atomic mass is 35.5. The molecule has 11 heteroatoms. The lowest BCUT2D eigenvalue weighted by molar-refractivity contribution is -0.140. The number of hydrogen-bond acceptors (Lipinski definition) is 4. The average molecular weight is 673 g/mol. The van der Waals surface area contributed by atoms with Gasteiger partial charge in [0.15, 0.2) is 0 Å². The highest BCUT2D eigenvalue weighted by Crippen LogP contribution is 2.33. The summed E-state index contributed by atoms with van der Waals surface area (Å²) in [5, 5.41) is 3.67. The Morgan fingerprint density at radius 1 is 0.818 bits per heavy atom. The van der Waals surface area contributed by atoms with Crippen LogP contribution in [0.25, 0.3) is 0 Å². The average Bonchev–Trinajstić information content (AvgIpc) is 3.02. The van der Waals surface area contributed by atoms with Crippen molar-refractivity contribution in [3.05, 3.63) is 129 Å². The lowest BCUT2D eigenvalue weighted by Crippen LogP contribution is -2.53. The number of carbonyl (C=O) groups excluding carboxylic acids is 2. The van der Waals surface area contributed by atoms with Crippen molar-refractivity contribution in [2.24, 2.45) is 0 Å². The molecule has 7 nitrogen and oxygen atoms in total. The Labute approximate surface area is 273 Å². The first kappa shape index (κ1) is 33.3. The first-order chi connectivity index (χ1) is 21.1. The third-order valence-electron chi connectivity index (χ3n) is 6.91. The topological polar surface area (TPSA) is 86.8 Å². The Bertz CT molecular complexity index is 1690. The molecule has 44 heavy (non-hydrogen) atoms. The minimum Gasteiger partial charge on any atom is -0.354 e. The summed E-state index contributed by atoms with van der Waals surface area (Å²) >= 11 is 19.2. The van der Waals surface area contributed by atoms with Gasteiger partial charge >= 0.3 is 0 Å². The first-order valence-corrected chi connectivity index (χ1v) is 16.6. The molecule has 4 aromatic carbocycles. The van der Waals surface area contributed by atoms with Crippen molar-refractivity contribution < 1.29 is 18.0 Å². The van der Waals surface area contributed by atoms with E-state index in [1.54, 1.807) is 42.5 Å². The fourth-order valence-corrected chi connectivity index (χ4v) is 6.86. The fraction of sp³-hybridized carbons (Fsp3) is 0.212. The van der Waals surface area contributed by atoms with E-state index in [9.17, 15) is 18.0 Å². The van der Waals surface area contributed by atoms with Crippen LogP contribution in [-0.2, 0) is 32.6 Å². The number of hydrogen-bond donors (Lipinski definition) is 1. The monoisotopic (exact) mass is 671 g/mol. The molecule has 0 bridgehead atoms. The van der Waals surface area contributed by atoms with Gasteiger partial charge in [-0.1, -0.05) is 108 Å². The van der Waals surface area contributed by atoms with Gasteiger partial charge in [0, 0.05) is 29.6 Å². The zero-order valence-electron chi connectivity index (χ0n) is 24.0. The number of halogens is 3. The van der Waals surface area contributed by atoms with E-state index in [0.717, 1.165) is 9.87 Å². The molecule has 0 radical (unpaired) electrons. The van der Waals surface area contributed by atoms with Crippen LogP contribution < -0.4 is 9.62 Å². The second-order valence-electron chi connectivity index (χ2n) is 10.0. The van der Waals surface area contributed by atoms with Crippen LogP contribution in [0, 0.1) is 0 Å². The molecule has 1 atom stereocenters. The predicted molar refractivity (Wildman–Crippen MR) is 177 cm³/mol. The van der Waals surface area contributed by atoms with Crippen molar-refractivity contribution in [1.82, 2.24) is 10.2 Å². The number of carbonyl (C=O) groups is 2. The molecule has 2 amide bonds. The summed E-state index contributed by atoms with van der Waals surface area (Å²) < 4.78 is 29.0. The van der Waals surface area contributed by atoms with Gasteiger partial charge in [0.1, 0.15) is 12.6 Å². The molecule has 0 fully saturated rings. The molecule has 230 valence electrons. The van der Waals surface area contributed by atoms with Crippen LogP contribution in [0.3, 0.4) is 0 Å². The van der Waals surface area contributed by atoms with Crippen LogP contribution in [0.15, 0.2) is 108 Å². The van der Waals surface area contributed by atoms with Crippen LogP contribution in [0.4, 0.5) is 5.69 Å². The highest BCUT2D eigenvalue weighted by molar-refractivity contribution is 7.92. The number of sulfonamides is 1. The zero-order chi connectivity index (χ0) is 31.7. The predicted octanol–water partition coefficient (Wildman–Crippen LogP) is 7.01. The standard InChI is InChI=1S/C33H32Cl3N3O4S/c1-2-19-37-33(41)31(20-24-11-5-3-6-12-24)38(22-25-13-9-10-16-28(25)35)32(40)23-39(30-18-17-26(34)21-29(30)36)44(42,43)27-14-7-4-8-15-27/h3-18,21,31H,2,19-20,22-23H2,1H3,(H,37,41). The maximum atomic E-state index is 14.4. The van der Waals surface area contributed by atoms with Crippen molar-refractivity contribution in [3.63, 3.8) is 0 Å². The summed E-state index contributed by atoms with van der Waals surface area (Å²) in [6, 6.07) is 27.5. The number of nitrogens with zero attached hydrogens (tertiary/aromatic N) is 2. The molecule has 4 rings (SSSR count). The van der Waals surface area contributed by atoms with E-state index in [4.69, 9.17) is 34.8 Å². The highest BCUT2D eigenvalue weighted by Gasteiger charge is 2.35. The summed E-state index contributed by atoms with van der Waals surface area (Å²) in [6.45, 7) is 1.66. The van der Waals surface area contributed by atoms with Gasteiger partial charge in [0.2, 0.25) is 11.8 Å². The van der Waals surface area contributed by atoms with Crippen LogP contribution >= 0.6 is 34.8 Å². The molecule has 0 aromatic heterocycles. The fourth-order valence-electron chi connectivity index (χ4n) is 4.65. The van der Waals surface area contributed by atoms with Crippen LogP contribution in [0.5, 0.6) is 0 Å². The summed E-state index contributed by atoms with van der Waals surface area (Å²) in [5.74, 6) is -0.985. The van der Waals surface area contributed by atoms with Crippen LogP contribution in [-0.4, -0.2) is 44.3 Å². The largest absolute Gasteiger partial charge is 0.354 e. The number of benzene rings is 4. The van der Waals surface area contributed by atoms with E-state index in [2.05, 4.69) is 5.32 Å². The molecule has 0 saturated carbocycles. The van der Waals surface area contributed by atoms with Crippen LogP contribution in [0.1, 0.15) is 24.5 Å². The molecular formula is C33H32Cl3N3O4S. The first-order valence-electron chi connectivity index (χ1n) is 14.0. The van der Waals surface area contributed by atoms with E-state index in [0.29, 0.717) is 28.6 Å². The quantitative estimate of drug-likeness (QED) is 0.166. The molecule has 0 spiro atoms. The molecule has 0 aliphatic rings. The lowest BCUT2D eigenvalue weighted by Gasteiger charge is -2.34. The Balaban J connectivity index is 1.82. The Kier molecular flexibility index (Phi) is 11.7. The van der Waals surface area contributed by atoms with Gasteiger partial charge in [0.25, 0.3) is 10.0 Å². The Morgan fingerprint density at radius 2 is 1.45 bits per heavy atom. The van der Waals surface area contributed by atoms with E-state index in [-0.39, 0.29) is 34.5 Å². The summed E-state index contributed by atoms with van der Waals surface area (Å²) in [7, 11) is -4.29. The second kappa shape index (κ2) is 15.4. The normalized spacial score (nSPS) is 11.9.